The van der Waals surface area contributed by atoms with Gasteiger partial charge in [0.05, 0.1) is 23.6 Å². The van der Waals surface area contributed by atoms with Crippen molar-refractivity contribution in [3.8, 4) is 5.75 Å². The Morgan fingerprint density at radius 1 is 1.17 bits per heavy atom. The van der Waals surface area contributed by atoms with E-state index in [0.717, 1.165) is 16.1 Å². The Balaban J connectivity index is 1.43. The number of nitrogens with one attached hydrogen (secondary N) is 1. The first kappa shape index (κ1) is 18.9. The van der Waals surface area contributed by atoms with Gasteiger partial charge in [-0.15, -0.1) is 11.3 Å². The van der Waals surface area contributed by atoms with Gasteiger partial charge in [-0.05, 0) is 31.2 Å². The van der Waals surface area contributed by atoms with E-state index in [2.05, 4.69) is 10.3 Å². The number of para-hydroxylation sites is 2. The zero-order valence-corrected chi connectivity index (χ0v) is 16.7. The van der Waals surface area contributed by atoms with Crippen LogP contribution in [0, 0.1) is 6.92 Å². The minimum absolute atomic E-state index is 0.309. The van der Waals surface area contributed by atoms with E-state index in [1.807, 2.05) is 19.1 Å². The SMILES string of the molecule is Cc1ccc(OC(=O)N2CCc3nc(C(=O)Nc4ccccc4N)sc3C2)cc1. The van der Waals surface area contributed by atoms with Crippen LogP contribution in [0.3, 0.4) is 0 Å². The van der Waals surface area contributed by atoms with Gasteiger partial charge in [0.15, 0.2) is 5.01 Å². The molecule has 1 aliphatic rings. The first-order valence-electron chi connectivity index (χ1n) is 9.17. The van der Waals surface area contributed by atoms with Crippen LogP contribution < -0.4 is 15.8 Å². The van der Waals surface area contributed by atoms with Crippen molar-refractivity contribution in [2.24, 2.45) is 0 Å². The largest absolute Gasteiger partial charge is 0.415 e. The molecule has 3 N–H and O–H groups in total. The zero-order chi connectivity index (χ0) is 20.4. The summed E-state index contributed by atoms with van der Waals surface area (Å²) < 4.78 is 5.45. The minimum atomic E-state index is -0.407. The molecule has 0 spiro atoms. The monoisotopic (exact) mass is 408 g/mol. The van der Waals surface area contributed by atoms with Gasteiger partial charge in [-0.2, -0.15) is 0 Å². The molecular weight excluding hydrogens is 388 g/mol. The van der Waals surface area contributed by atoms with Crippen LogP contribution in [0.25, 0.3) is 0 Å². The number of carbonyl (C=O) groups excluding carboxylic acids is 2. The summed E-state index contributed by atoms with van der Waals surface area (Å²) in [5, 5.41) is 3.14. The number of anilines is 2. The van der Waals surface area contributed by atoms with Crippen molar-refractivity contribution in [1.82, 2.24) is 9.88 Å². The molecule has 2 amide bonds. The van der Waals surface area contributed by atoms with Crippen LogP contribution >= 0.6 is 11.3 Å². The zero-order valence-electron chi connectivity index (χ0n) is 15.8. The first-order chi connectivity index (χ1) is 14.0. The average molecular weight is 408 g/mol. The Kier molecular flexibility index (Phi) is 5.18. The smallest absolute Gasteiger partial charge is 0.410 e. The summed E-state index contributed by atoms with van der Waals surface area (Å²) in [6, 6.07) is 14.4. The summed E-state index contributed by atoms with van der Waals surface area (Å²) in [4.78, 5) is 32.0. The molecule has 2 aromatic carbocycles. The lowest BCUT2D eigenvalue weighted by molar-refractivity contribution is 0.102. The quantitative estimate of drug-likeness (QED) is 0.642. The van der Waals surface area contributed by atoms with Crippen LogP contribution in [0.2, 0.25) is 0 Å². The third kappa shape index (κ3) is 4.22. The third-order valence-corrected chi connectivity index (χ3v) is 5.70. The lowest BCUT2D eigenvalue weighted by atomic mass is 10.2. The second-order valence-corrected chi connectivity index (χ2v) is 7.87. The number of ether oxygens (including phenoxy) is 1. The fourth-order valence-electron chi connectivity index (χ4n) is 3.01. The number of carbonyl (C=O) groups is 2. The van der Waals surface area contributed by atoms with Gasteiger partial charge in [-0.3, -0.25) is 4.79 Å². The fourth-order valence-corrected chi connectivity index (χ4v) is 4.03. The number of rotatable bonds is 3. The number of hydrogen-bond donors (Lipinski definition) is 2. The summed E-state index contributed by atoms with van der Waals surface area (Å²) in [6.07, 6.45) is 0.172. The molecule has 29 heavy (non-hydrogen) atoms. The molecule has 0 unspecified atom stereocenters. The van der Waals surface area contributed by atoms with E-state index < -0.39 is 6.09 Å². The number of nitrogens with zero attached hydrogens (tertiary/aromatic N) is 2. The van der Waals surface area contributed by atoms with Crippen molar-refractivity contribution in [2.45, 2.75) is 19.9 Å². The van der Waals surface area contributed by atoms with Gasteiger partial charge in [-0.1, -0.05) is 29.8 Å². The number of nitrogens with two attached hydrogens (primary N) is 1. The maximum absolute atomic E-state index is 12.5. The molecular formula is C21H20N4O3S. The highest BCUT2D eigenvalue weighted by Crippen LogP contribution is 2.27. The number of fused-ring (bicyclic) bond motifs is 1. The summed E-state index contributed by atoms with van der Waals surface area (Å²) in [6.45, 7) is 2.84. The summed E-state index contributed by atoms with van der Waals surface area (Å²) in [5.74, 6) is 0.201. The number of hydrogen-bond acceptors (Lipinski definition) is 6. The van der Waals surface area contributed by atoms with Crippen molar-refractivity contribution in [2.75, 3.05) is 17.6 Å². The standard InChI is InChI=1S/C21H20N4O3S/c1-13-6-8-14(9-7-13)28-21(27)25-11-10-17-18(12-25)29-20(24-17)19(26)23-16-5-3-2-4-15(16)22/h2-9H,10-12,22H2,1H3,(H,23,26). The lowest BCUT2D eigenvalue weighted by Gasteiger charge is -2.25. The fraction of sp³-hybridized carbons (Fsp3) is 0.190. The van der Waals surface area contributed by atoms with Crippen LogP contribution in [0.4, 0.5) is 16.2 Å². The molecule has 0 saturated carbocycles. The number of aryl methyl sites for hydroxylation is 1. The molecule has 7 nitrogen and oxygen atoms in total. The van der Waals surface area contributed by atoms with E-state index in [4.69, 9.17) is 10.5 Å². The van der Waals surface area contributed by atoms with Gasteiger partial charge in [-0.25, -0.2) is 9.78 Å². The number of benzene rings is 2. The van der Waals surface area contributed by atoms with Gasteiger partial charge in [0, 0.05) is 17.8 Å². The number of nitrogen functional groups attached to an aromatic ring is 1. The van der Waals surface area contributed by atoms with E-state index in [-0.39, 0.29) is 5.91 Å². The predicted octanol–water partition coefficient (Wildman–Crippen LogP) is 3.84. The Bertz CT molecular complexity index is 1060. The molecule has 0 bridgehead atoms. The normalized spacial score (nSPS) is 12.9. The Labute approximate surface area is 172 Å². The summed E-state index contributed by atoms with van der Waals surface area (Å²) in [5.41, 5.74) is 8.87. The maximum atomic E-state index is 12.5. The maximum Gasteiger partial charge on any atom is 0.415 e. The second kappa shape index (κ2) is 7.92. The van der Waals surface area contributed by atoms with Gasteiger partial charge in [0.1, 0.15) is 5.75 Å². The van der Waals surface area contributed by atoms with E-state index in [9.17, 15) is 9.59 Å². The minimum Gasteiger partial charge on any atom is -0.410 e. The molecule has 0 atom stereocenters. The molecule has 8 heteroatoms. The van der Waals surface area contributed by atoms with Crippen LogP contribution in [-0.2, 0) is 13.0 Å². The molecule has 0 radical (unpaired) electrons. The van der Waals surface area contributed by atoms with Crippen molar-refractivity contribution >= 4 is 34.7 Å². The third-order valence-electron chi connectivity index (χ3n) is 4.62. The highest BCUT2D eigenvalue weighted by atomic mass is 32.1. The van der Waals surface area contributed by atoms with E-state index in [0.29, 0.717) is 41.6 Å². The topological polar surface area (TPSA) is 97.5 Å². The van der Waals surface area contributed by atoms with Gasteiger partial charge < -0.3 is 20.7 Å². The van der Waals surface area contributed by atoms with Crippen molar-refractivity contribution in [3.63, 3.8) is 0 Å². The van der Waals surface area contributed by atoms with E-state index >= 15 is 0 Å². The Morgan fingerprint density at radius 2 is 1.93 bits per heavy atom. The van der Waals surface area contributed by atoms with E-state index in [1.54, 1.807) is 41.3 Å². The highest BCUT2D eigenvalue weighted by Gasteiger charge is 2.27. The molecule has 0 fully saturated rings. The predicted molar refractivity (Wildman–Crippen MR) is 112 cm³/mol. The van der Waals surface area contributed by atoms with Gasteiger partial charge >= 0.3 is 6.09 Å². The van der Waals surface area contributed by atoms with Crippen molar-refractivity contribution in [3.05, 3.63) is 69.7 Å². The summed E-state index contributed by atoms with van der Waals surface area (Å²) >= 11 is 1.28. The van der Waals surface area contributed by atoms with Crippen LogP contribution in [0.5, 0.6) is 5.75 Å². The molecule has 2 heterocycles. The molecule has 0 saturated heterocycles. The lowest BCUT2D eigenvalue weighted by Crippen LogP contribution is -2.37. The van der Waals surface area contributed by atoms with Crippen molar-refractivity contribution in [1.29, 1.82) is 0 Å². The molecule has 1 aliphatic heterocycles. The van der Waals surface area contributed by atoms with Gasteiger partial charge in [0.25, 0.3) is 5.91 Å². The van der Waals surface area contributed by atoms with E-state index in [1.165, 1.54) is 11.3 Å². The molecule has 148 valence electrons. The molecule has 3 aromatic rings. The Hall–Kier alpha value is -3.39. The van der Waals surface area contributed by atoms with Crippen LogP contribution in [0.1, 0.15) is 25.9 Å². The van der Waals surface area contributed by atoms with Crippen molar-refractivity contribution < 1.29 is 14.3 Å². The highest BCUT2D eigenvalue weighted by molar-refractivity contribution is 7.13. The molecule has 0 aliphatic carbocycles. The Morgan fingerprint density at radius 3 is 2.69 bits per heavy atom. The molecule has 1 aromatic heterocycles. The van der Waals surface area contributed by atoms with Crippen LogP contribution in [-0.4, -0.2) is 28.4 Å². The number of thiazole rings is 1. The second-order valence-electron chi connectivity index (χ2n) is 6.78. The average Bonchev–Trinajstić information content (AvgIpc) is 3.15. The number of amides is 2. The summed E-state index contributed by atoms with van der Waals surface area (Å²) in [7, 11) is 0. The van der Waals surface area contributed by atoms with Gasteiger partial charge in [0.2, 0.25) is 0 Å². The number of aromatic nitrogens is 1. The first-order valence-corrected chi connectivity index (χ1v) is 9.99. The molecule has 4 rings (SSSR count). The van der Waals surface area contributed by atoms with Crippen LogP contribution in [0.15, 0.2) is 48.5 Å².